The van der Waals surface area contributed by atoms with Gasteiger partial charge in [0.15, 0.2) is 0 Å². The number of hydrogen-bond acceptors (Lipinski definition) is 4. The van der Waals surface area contributed by atoms with Gasteiger partial charge in [0.25, 0.3) is 0 Å². The van der Waals surface area contributed by atoms with Gasteiger partial charge in [0.2, 0.25) is 10.0 Å². The van der Waals surface area contributed by atoms with Crippen LogP contribution in [0.1, 0.15) is 0 Å². The van der Waals surface area contributed by atoms with Crippen LogP contribution in [0.25, 0.3) is 0 Å². The summed E-state index contributed by atoms with van der Waals surface area (Å²) in [6.07, 6.45) is 0. The SMILES string of the molecule is Nc1ccc(Cl)c(Nc2ccc(S(N)(=O)=O)cc2F)c1. The van der Waals surface area contributed by atoms with Gasteiger partial charge in [0, 0.05) is 5.69 Å². The second kappa shape index (κ2) is 5.28. The number of halogens is 2. The van der Waals surface area contributed by atoms with Crippen molar-refractivity contribution in [3.63, 3.8) is 0 Å². The Morgan fingerprint density at radius 3 is 2.40 bits per heavy atom. The Kier molecular flexibility index (Phi) is 3.85. The molecule has 2 aromatic carbocycles. The molecule has 2 rings (SSSR count). The second-order valence-corrected chi connectivity index (χ2v) is 6.02. The van der Waals surface area contributed by atoms with Gasteiger partial charge in [0.1, 0.15) is 5.82 Å². The average Bonchev–Trinajstić information content (AvgIpc) is 2.35. The molecule has 106 valence electrons. The van der Waals surface area contributed by atoms with Gasteiger partial charge in [-0.3, -0.25) is 0 Å². The maximum Gasteiger partial charge on any atom is 0.238 e. The predicted molar refractivity (Wildman–Crippen MR) is 76.9 cm³/mol. The molecule has 5 nitrogen and oxygen atoms in total. The van der Waals surface area contributed by atoms with E-state index in [9.17, 15) is 12.8 Å². The maximum absolute atomic E-state index is 13.8. The van der Waals surface area contributed by atoms with Crippen LogP contribution in [0.15, 0.2) is 41.3 Å². The molecule has 0 amide bonds. The normalized spacial score (nSPS) is 11.3. The van der Waals surface area contributed by atoms with Gasteiger partial charge in [-0.1, -0.05) is 11.6 Å². The van der Waals surface area contributed by atoms with Crippen LogP contribution in [0, 0.1) is 5.82 Å². The fourth-order valence-corrected chi connectivity index (χ4v) is 2.25. The van der Waals surface area contributed by atoms with E-state index >= 15 is 0 Å². The smallest absolute Gasteiger partial charge is 0.238 e. The van der Waals surface area contributed by atoms with Crippen LogP contribution in [-0.2, 0) is 10.0 Å². The molecule has 0 fully saturated rings. The van der Waals surface area contributed by atoms with Crippen LogP contribution < -0.4 is 16.2 Å². The lowest BCUT2D eigenvalue weighted by molar-refractivity contribution is 0.593. The Balaban J connectivity index is 2.38. The minimum absolute atomic E-state index is 0.0601. The summed E-state index contributed by atoms with van der Waals surface area (Å²) < 4.78 is 36.1. The Hall–Kier alpha value is -1.83. The van der Waals surface area contributed by atoms with Gasteiger partial charge >= 0.3 is 0 Å². The molecule has 2 aromatic rings. The van der Waals surface area contributed by atoms with Gasteiger partial charge in [-0.05, 0) is 36.4 Å². The van der Waals surface area contributed by atoms with Crippen molar-refractivity contribution in [3.05, 3.63) is 47.2 Å². The molecule has 0 bridgehead atoms. The van der Waals surface area contributed by atoms with E-state index in [1.54, 1.807) is 12.1 Å². The van der Waals surface area contributed by atoms with E-state index < -0.39 is 15.8 Å². The molecule has 0 heterocycles. The summed E-state index contributed by atoms with van der Waals surface area (Å²) in [6.45, 7) is 0. The molecule has 0 spiro atoms. The molecule has 0 aliphatic carbocycles. The number of nitrogens with one attached hydrogen (secondary N) is 1. The number of anilines is 3. The first-order chi connectivity index (χ1) is 9.27. The van der Waals surface area contributed by atoms with Gasteiger partial charge in [-0.25, -0.2) is 17.9 Å². The number of nitrogen functional groups attached to an aromatic ring is 1. The van der Waals surface area contributed by atoms with Crippen molar-refractivity contribution >= 4 is 38.7 Å². The Morgan fingerprint density at radius 1 is 1.10 bits per heavy atom. The van der Waals surface area contributed by atoms with Gasteiger partial charge in [-0.15, -0.1) is 0 Å². The first-order valence-electron chi connectivity index (χ1n) is 5.42. The summed E-state index contributed by atoms with van der Waals surface area (Å²) in [5, 5.41) is 8.01. The number of benzene rings is 2. The van der Waals surface area contributed by atoms with E-state index in [1.807, 2.05) is 0 Å². The third kappa shape index (κ3) is 3.19. The van der Waals surface area contributed by atoms with Crippen molar-refractivity contribution in [1.82, 2.24) is 0 Å². The molecule has 8 heteroatoms. The molecule has 0 aromatic heterocycles. The number of sulfonamides is 1. The lowest BCUT2D eigenvalue weighted by Crippen LogP contribution is -2.12. The largest absolute Gasteiger partial charge is 0.399 e. The van der Waals surface area contributed by atoms with E-state index in [4.69, 9.17) is 22.5 Å². The van der Waals surface area contributed by atoms with Gasteiger partial charge in [0.05, 0.1) is 21.3 Å². The topological polar surface area (TPSA) is 98.2 Å². The third-order valence-corrected chi connectivity index (χ3v) is 3.77. The fourth-order valence-electron chi connectivity index (χ4n) is 1.56. The lowest BCUT2D eigenvalue weighted by Gasteiger charge is -2.10. The van der Waals surface area contributed by atoms with Crippen LogP contribution in [0.3, 0.4) is 0 Å². The van der Waals surface area contributed by atoms with E-state index in [-0.39, 0.29) is 10.6 Å². The molecule has 5 N–H and O–H groups in total. The fraction of sp³-hybridized carbons (Fsp3) is 0. The zero-order valence-electron chi connectivity index (χ0n) is 10.1. The van der Waals surface area contributed by atoms with E-state index in [2.05, 4.69) is 5.32 Å². The highest BCUT2D eigenvalue weighted by molar-refractivity contribution is 7.89. The molecule has 0 aliphatic heterocycles. The van der Waals surface area contributed by atoms with Crippen molar-refractivity contribution < 1.29 is 12.8 Å². The molecular formula is C12H11ClFN3O2S. The zero-order valence-corrected chi connectivity index (χ0v) is 11.7. The molecular weight excluding hydrogens is 305 g/mol. The molecule has 0 atom stereocenters. The van der Waals surface area contributed by atoms with E-state index in [1.165, 1.54) is 18.2 Å². The molecule has 0 saturated heterocycles. The summed E-state index contributed by atoms with van der Waals surface area (Å²) in [5.74, 6) is -0.769. The minimum atomic E-state index is -3.94. The number of hydrogen-bond donors (Lipinski definition) is 3. The quantitative estimate of drug-likeness (QED) is 0.758. The summed E-state index contributed by atoms with van der Waals surface area (Å²) in [7, 11) is -3.94. The van der Waals surface area contributed by atoms with Gasteiger partial charge < -0.3 is 11.1 Å². The molecule has 0 saturated carbocycles. The number of rotatable bonds is 3. The van der Waals surface area contributed by atoms with Crippen LogP contribution in [0.5, 0.6) is 0 Å². The minimum Gasteiger partial charge on any atom is -0.399 e. The summed E-state index contributed by atoms with van der Waals surface area (Å²) >= 11 is 5.95. The lowest BCUT2D eigenvalue weighted by atomic mass is 10.2. The highest BCUT2D eigenvalue weighted by Crippen LogP contribution is 2.29. The number of primary sulfonamides is 1. The van der Waals surface area contributed by atoms with Crippen LogP contribution in [0.4, 0.5) is 21.5 Å². The Morgan fingerprint density at radius 2 is 1.80 bits per heavy atom. The second-order valence-electron chi connectivity index (χ2n) is 4.05. The van der Waals surface area contributed by atoms with Crippen LogP contribution in [-0.4, -0.2) is 8.42 Å². The number of nitrogens with two attached hydrogens (primary N) is 2. The van der Waals surface area contributed by atoms with Crippen LogP contribution in [0.2, 0.25) is 5.02 Å². The summed E-state index contributed by atoms with van der Waals surface area (Å²) in [5.41, 5.74) is 6.54. The van der Waals surface area contributed by atoms with Gasteiger partial charge in [-0.2, -0.15) is 0 Å². The maximum atomic E-state index is 13.8. The third-order valence-electron chi connectivity index (χ3n) is 2.53. The first-order valence-corrected chi connectivity index (χ1v) is 7.34. The zero-order chi connectivity index (χ0) is 14.9. The highest BCUT2D eigenvalue weighted by Gasteiger charge is 2.12. The highest BCUT2D eigenvalue weighted by atomic mass is 35.5. The van der Waals surface area contributed by atoms with Crippen molar-refractivity contribution in [2.24, 2.45) is 5.14 Å². The Labute approximate surface area is 120 Å². The molecule has 0 aliphatic rings. The van der Waals surface area contributed by atoms with Crippen molar-refractivity contribution in [2.45, 2.75) is 4.90 Å². The molecule has 0 unspecified atom stereocenters. The monoisotopic (exact) mass is 315 g/mol. The van der Waals surface area contributed by atoms with Crippen LogP contribution >= 0.6 is 11.6 Å². The van der Waals surface area contributed by atoms with Crippen molar-refractivity contribution in [2.75, 3.05) is 11.1 Å². The molecule has 20 heavy (non-hydrogen) atoms. The average molecular weight is 316 g/mol. The van der Waals surface area contributed by atoms with Crippen molar-refractivity contribution in [3.8, 4) is 0 Å². The Bertz CT molecular complexity index is 765. The van der Waals surface area contributed by atoms with Crippen molar-refractivity contribution in [1.29, 1.82) is 0 Å². The standard InChI is InChI=1S/C12H11ClFN3O2S/c13-9-3-1-7(15)5-12(9)17-11-4-2-8(6-10(11)14)20(16,18)19/h1-6,17H,15H2,(H2,16,18,19). The molecule has 0 radical (unpaired) electrons. The first kappa shape index (κ1) is 14.6. The summed E-state index contributed by atoms with van der Waals surface area (Å²) in [4.78, 5) is -0.306. The predicted octanol–water partition coefficient (Wildman–Crippen LogP) is 2.45. The van der Waals surface area contributed by atoms with E-state index in [0.29, 0.717) is 16.4 Å². The summed E-state index contributed by atoms with van der Waals surface area (Å²) in [6, 6.07) is 7.99. The van der Waals surface area contributed by atoms with E-state index in [0.717, 1.165) is 6.07 Å².